The van der Waals surface area contributed by atoms with Crippen molar-refractivity contribution in [2.75, 3.05) is 6.61 Å². The predicted octanol–water partition coefficient (Wildman–Crippen LogP) is 2.62. The monoisotopic (exact) mass is 290 g/mol. The van der Waals surface area contributed by atoms with E-state index in [1.165, 1.54) is 19.3 Å². The van der Waals surface area contributed by atoms with Crippen molar-refractivity contribution in [1.29, 1.82) is 0 Å². The summed E-state index contributed by atoms with van der Waals surface area (Å²) in [7, 11) is 0. The van der Waals surface area contributed by atoms with Gasteiger partial charge < -0.3 is 9.47 Å². The molecule has 0 aliphatic heterocycles. The molecule has 0 heterocycles. The highest BCUT2D eigenvalue weighted by Crippen LogP contribution is 2.50. The van der Waals surface area contributed by atoms with Gasteiger partial charge in [0.1, 0.15) is 6.10 Å². The van der Waals surface area contributed by atoms with Gasteiger partial charge in [-0.25, -0.2) is 4.79 Å². The third kappa shape index (κ3) is 2.29. The number of fused-ring (bicyclic) bond motifs is 4. The zero-order valence-corrected chi connectivity index (χ0v) is 12.3. The third-order valence-corrected chi connectivity index (χ3v) is 5.96. The second-order valence-electron chi connectivity index (χ2n) is 7.30. The van der Waals surface area contributed by atoms with E-state index in [-0.39, 0.29) is 24.6 Å². The fourth-order valence-corrected chi connectivity index (χ4v) is 4.81. The van der Waals surface area contributed by atoms with Crippen LogP contribution in [0.4, 0.5) is 0 Å². The lowest BCUT2D eigenvalue weighted by molar-refractivity contribution is -0.167. The Morgan fingerprint density at radius 1 is 1.19 bits per heavy atom. The van der Waals surface area contributed by atoms with Crippen LogP contribution >= 0.6 is 0 Å². The topological polar surface area (TPSA) is 52.6 Å². The molecule has 3 saturated carbocycles. The van der Waals surface area contributed by atoms with Crippen LogP contribution in [0.3, 0.4) is 0 Å². The Labute approximate surface area is 124 Å². The lowest BCUT2D eigenvalue weighted by atomic mass is 9.88. The highest BCUT2D eigenvalue weighted by atomic mass is 16.6. The molecule has 3 fully saturated rings. The summed E-state index contributed by atoms with van der Waals surface area (Å²) in [6, 6.07) is 0. The van der Waals surface area contributed by atoms with E-state index in [4.69, 9.17) is 9.47 Å². The van der Waals surface area contributed by atoms with E-state index in [0.717, 1.165) is 31.6 Å². The van der Waals surface area contributed by atoms with Gasteiger partial charge in [0.2, 0.25) is 0 Å². The molecule has 0 spiro atoms. The minimum Gasteiger partial charge on any atom is -0.460 e. The second-order valence-corrected chi connectivity index (χ2v) is 7.30. The molecular formula is C17H22O4. The number of carbonyl (C=O) groups excluding carboxylic acids is 2. The molecule has 114 valence electrons. The van der Waals surface area contributed by atoms with E-state index in [1.807, 2.05) is 6.08 Å². The summed E-state index contributed by atoms with van der Waals surface area (Å²) in [5.41, 5.74) is -0.447. The van der Waals surface area contributed by atoms with Gasteiger partial charge >= 0.3 is 11.9 Å². The Kier molecular flexibility index (Phi) is 3.09. The largest absolute Gasteiger partial charge is 0.460 e. The maximum absolute atomic E-state index is 12.2. The van der Waals surface area contributed by atoms with Crippen LogP contribution in [0.1, 0.15) is 44.9 Å². The van der Waals surface area contributed by atoms with Gasteiger partial charge in [-0.15, -0.1) is 0 Å². The average Bonchev–Trinajstić information content (AvgIpc) is 3.24. The van der Waals surface area contributed by atoms with Crippen LogP contribution in [0.15, 0.2) is 12.2 Å². The first-order valence-electron chi connectivity index (χ1n) is 8.21. The third-order valence-electron chi connectivity index (χ3n) is 5.96. The summed E-state index contributed by atoms with van der Waals surface area (Å²) in [6.45, 7) is -0.229. The standard InChI is InChI=1S/C17H22O4/c18-15(21-14-8-12-1-2-13(14)7-12)10-20-16(19)17-5-3-11(9-17)4-6-17/h3,5,11-14H,1-2,4,6-10H2. The number of hydrogen-bond donors (Lipinski definition) is 0. The molecule has 0 aromatic heterocycles. The van der Waals surface area contributed by atoms with Crippen molar-refractivity contribution < 1.29 is 19.1 Å². The molecule has 0 aromatic rings. The first-order valence-corrected chi connectivity index (χ1v) is 8.21. The van der Waals surface area contributed by atoms with Crippen LogP contribution in [0.5, 0.6) is 0 Å². The smallest absolute Gasteiger partial charge is 0.344 e. The summed E-state index contributed by atoms with van der Waals surface area (Å²) in [5.74, 6) is 1.19. The quantitative estimate of drug-likeness (QED) is 0.590. The molecule has 5 atom stereocenters. The molecule has 4 aliphatic rings. The first-order chi connectivity index (χ1) is 10.1. The lowest BCUT2D eigenvalue weighted by Crippen LogP contribution is -2.31. The second kappa shape index (κ2) is 4.85. The van der Waals surface area contributed by atoms with Gasteiger partial charge in [0.05, 0.1) is 5.41 Å². The van der Waals surface area contributed by atoms with E-state index in [2.05, 4.69) is 6.08 Å². The van der Waals surface area contributed by atoms with Crippen molar-refractivity contribution in [3.8, 4) is 0 Å². The summed E-state index contributed by atoms with van der Waals surface area (Å²) in [4.78, 5) is 24.1. The van der Waals surface area contributed by atoms with Gasteiger partial charge in [-0.2, -0.15) is 0 Å². The van der Waals surface area contributed by atoms with Crippen molar-refractivity contribution >= 4 is 11.9 Å². The molecule has 0 N–H and O–H groups in total. The minimum atomic E-state index is -0.447. The molecule has 4 heteroatoms. The van der Waals surface area contributed by atoms with E-state index < -0.39 is 5.41 Å². The number of ether oxygens (including phenoxy) is 2. The predicted molar refractivity (Wildman–Crippen MR) is 75.2 cm³/mol. The minimum absolute atomic E-state index is 0.0651. The Morgan fingerprint density at radius 2 is 2.10 bits per heavy atom. The zero-order chi connectivity index (χ0) is 14.4. The number of hydrogen-bond acceptors (Lipinski definition) is 4. The molecule has 0 radical (unpaired) electrons. The van der Waals surface area contributed by atoms with E-state index in [9.17, 15) is 9.59 Å². The van der Waals surface area contributed by atoms with Crippen LogP contribution in [0.25, 0.3) is 0 Å². The molecular weight excluding hydrogens is 268 g/mol. The highest BCUT2D eigenvalue weighted by Gasteiger charge is 2.48. The molecule has 0 saturated heterocycles. The van der Waals surface area contributed by atoms with Crippen molar-refractivity contribution in [3.05, 3.63) is 12.2 Å². The molecule has 4 aliphatic carbocycles. The van der Waals surface area contributed by atoms with Crippen LogP contribution < -0.4 is 0 Å². The van der Waals surface area contributed by atoms with Crippen LogP contribution in [-0.2, 0) is 19.1 Å². The Morgan fingerprint density at radius 3 is 2.67 bits per heavy atom. The van der Waals surface area contributed by atoms with E-state index in [1.54, 1.807) is 0 Å². The molecule has 4 bridgehead atoms. The Balaban J connectivity index is 1.26. The van der Waals surface area contributed by atoms with E-state index in [0.29, 0.717) is 11.8 Å². The van der Waals surface area contributed by atoms with Crippen LogP contribution in [0.2, 0.25) is 0 Å². The average molecular weight is 290 g/mol. The van der Waals surface area contributed by atoms with Gasteiger partial charge in [-0.3, -0.25) is 4.79 Å². The van der Waals surface area contributed by atoms with Crippen molar-refractivity contribution in [2.45, 2.75) is 51.0 Å². The SMILES string of the molecule is O=C(COC(=O)C12C=CC(CC1)C2)OC1CC2CCC1C2. The fraction of sp³-hybridized carbons (Fsp3) is 0.765. The molecule has 5 unspecified atom stereocenters. The van der Waals surface area contributed by atoms with Crippen LogP contribution in [-0.4, -0.2) is 24.6 Å². The summed E-state index contributed by atoms with van der Waals surface area (Å²) in [6.07, 6.45) is 11.6. The number of allylic oxidation sites excluding steroid dienone is 1. The molecule has 21 heavy (non-hydrogen) atoms. The zero-order valence-electron chi connectivity index (χ0n) is 12.3. The van der Waals surface area contributed by atoms with Crippen LogP contribution in [0, 0.1) is 23.2 Å². The number of esters is 2. The highest BCUT2D eigenvalue weighted by molar-refractivity contribution is 5.83. The van der Waals surface area contributed by atoms with Crippen molar-refractivity contribution in [3.63, 3.8) is 0 Å². The first kappa shape index (κ1) is 13.4. The maximum atomic E-state index is 12.2. The molecule has 4 rings (SSSR count). The van der Waals surface area contributed by atoms with Gasteiger partial charge in [-0.05, 0) is 62.7 Å². The van der Waals surface area contributed by atoms with Crippen molar-refractivity contribution in [2.24, 2.45) is 23.2 Å². The normalized spacial score (nSPS) is 42.5. The van der Waals surface area contributed by atoms with Gasteiger partial charge in [0, 0.05) is 0 Å². The van der Waals surface area contributed by atoms with Crippen molar-refractivity contribution in [1.82, 2.24) is 0 Å². The van der Waals surface area contributed by atoms with Gasteiger partial charge in [0.25, 0.3) is 0 Å². The Bertz CT molecular complexity index is 497. The molecule has 0 amide bonds. The lowest BCUT2D eigenvalue weighted by Gasteiger charge is -2.23. The molecule has 4 nitrogen and oxygen atoms in total. The van der Waals surface area contributed by atoms with Gasteiger partial charge in [0.15, 0.2) is 6.61 Å². The summed E-state index contributed by atoms with van der Waals surface area (Å²) >= 11 is 0. The number of rotatable bonds is 4. The summed E-state index contributed by atoms with van der Waals surface area (Å²) < 4.78 is 10.7. The fourth-order valence-electron chi connectivity index (χ4n) is 4.81. The Hall–Kier alpha value is -1.32. The van der Waals surface area contributed by atoms with Gasteiger partial charge in [-0.1, -0.05) is 12.2 Å². The number of carbonyl (C=O) groups is 2. The maximum Gasteiger partial charge on any atom is 0.344 e. The molecule has 0 aromatic carbocycles. The van der Waals surface area contributed by atoms with E-state index >= 15 is 0 Å². The summed E-state index contributed by atoms with van der Waals surface area (Å²) in [5, 5.41) is 0.